The molecule has 190 valence electrons. The Morgan fingerprint density at radius 3 is 1.94 bits per heavy atom. The summed E-state index contributed by atoms with van der Waals surface area (Å²) in [5, 5.41) is 10.2. The third kappa shape index (κ3) is 9.32. The van der Waals surface area contributed by atoms with E-state index in [-0.39, 0.29) is 31.9 Å². The first kappa shape index (κ1) is 30.0. The molecule has 0 aromatic heterocycles. The molecule has 1 saturated heterocycles. The maximum absolute atomic E-state index is 12.6. The molecule has 34 heavy (non-hydrogen) atoms. The van der Waals surface area contributed by atoms with Gasteiger partial charge in [0.25, 0.3) is 0 Å². The third-order valence-corrected chi connectivity index (χ3v) is 7.63. The lowest BCUT2D eigenvalue weighted by atomic mass is 9.79. The molecule has 1 aliphatic heterocycles. The van der Waals surface area contributed by atoms with Gasteiger partial charge in [0.15, 0.2) is 0 Å². The number of aliphatic hydroxyl groups excluding tert-OH is 1. The standard InChI is InChI=1S/C23H29I3O8/c1-22(2,5-6-23(3,4)21(30)34-12-15-11-31-15)20(29)33-10-14(27)9-32-19(28)18-16(25)7-13(24)8-17(18)26/h7-8,14-15,27H,5-6,9-12H2,1-4H3. The van der Waals surface area contributed by atoms with Crippen molar-refractivity contribution >= 4 is 85.7 Å². The molecule has 1 aromatic rings. The topological polar surface area (TPSA) is 112 Å². The van der Waals surface area contributed by atoms with Crippen LogP contribution in [0.1, 0.15) is 50.9 Å². The molecule has 8 nitrogen and oxygen atoms in total. The van der Waals surface area contributed by atoms with Gasteiger partial charge in [0.1, 0.15) is 32.0 Å². The summed E-state index contributed by atoms with van der Waals surface area (Å²) in [4.78, 5) is 37.3. The van der Waals surface area contributed by atoms with Gasteiger partial charge in [0.2, 0.25) is 0 Å². The van der Waals surface area contributed by atoms with Gasteiger partial charge in [-0.05, 0) is 120 Å². The fraction of sp³-hybridized carbons (Fsp3) is 0.609. The number of hydrogen-bond donors (Lipinski definition) is 1. The molecule has 2 rings (SSSR count). The minimum atomic E-state index is -1.15. The summed E-state index contributed by atoms with van der Waals surface area (Å²) in [6.07, 6.45) is -0.338. The molecule has 0 spiro atoms. The van der Waals surface area contributed by atoms with E-state index in [0.29, 0.717) is 25.0 Å². The molecule has 1 aromatic carbocycles. The lowest BCUT2D eigenvalue weighted by molar-refractivity contribution is -0.161. The smallest absolute Gasteiger partial charge is 0.340 e. The Morgan fingerprint density at radius 1 is 0.971 bits per heavy atom. The predicted molar refractivity (Wildman–Crippen MR) is 149 cm³/mol. The van der Waals surface area contributed by atoms with Gasteiger partial charge in [-0.1, -0.05) is 0 Å². The molecule has 11 heteroatoms. The van der Waals surface area contributed by atoms with Gasteiger partial charge in [-0.3, -0.25) is 9.59 Å². The highest BCUT2D eigenvalue weighted by atomic mass is 127. The number of epoxide rings is 1. The Balaban J connectivity index is 1.77. The number of halogens is 3. The first-order chi connectivity index (χ1) is 15.7. The van der Waals surface area contributed by atoms with Gasteiger partial charge >= 0.3 is 17.9 Å². The fourth-order valence-corrected chi connectivity index (χ4v) is 6.78. The predicted octanol–water partition coefficient (Wildman–Crippen LogP) is 4.34. The van der Waals surface area contributed by atoms with Gasteiger partial charge in [-0.15, -0.1) is 0 Å². The highest BCUT2D eigenvalue weighted by molar-refractivity contribution is 14.1. The summed E-state index contributed by atoms with van der Waals surface area (Å²) in [7, 11) is 0. The third-order valence-electron chi connectivity index (χ3n) is 5.31. The molecule has 1 N–H and O–H groups in total. The van der Waals surface area contributed by atoms with Crippen LogP contribution in [0.2, 0.25) is 0 Å². The number of hydrogen-bond acceptors (Lipinski definition) is 8. The van der Waals surface area contributed by atoms with Gasteiger partial charge in [0.05, 0.1) is 23.0 Å². The van der Waals surface area contributed by atoms with E-state index < -0.39 is 28.9 Å². The quantitative estimate of drug-likeness (QED) is 0.144. The van der Waals surface area contributed by atoms with Crippen LogP contribution >= 0.6 is 67.8 Å². The molecule has 0 aliphatic carbocycles. The van der Waals surface area contributed by atoms with E-state index in [9.17, 15) is 19.5 Å². The zero-order valence-electron chi connectivity index (χ0n) is 19.5. The summed E-state index contributed by atoms with van der Waals surface area (Å²) in [5.74, 6) is -1.38. The van der Waals surface area contributed by atoms with Crippen LogP contribution in [0.5, 0.6) is 0 Å². The minimum Gasteiger partial charge on any atom is -0.462 e. The largest absolute Gasteiger partial charge is 0.462 e. The summed E-state index contributed by atoms with van der Waals surface area (Å²) in [6.45, 7) is 7.26. The fourth-order valence-electron chi connectivity index (χ4n) is 2.75. The van der Waals surface area contributed by atoms with E-state index in [4.69, 9.17) is 18.9 Å². The van der Waals surface area contributed by atoms with E-state index in [1.54, 1.807) is 27.7 Å². The van der Waals surface area contributed by atoms with Crippen LogP contribution in [0.15, 0.2) is 12.1 Å². The Kier molecular flexibility index (Phi) is 11.3. The number of rotatable bonds is 12. The van der Waals surface area contributed by atoms with Gasteiger partial charge in [-0.2, -0.15) is 0 Å². The monoisotopic (exact) mass is 814 g/mol. The Morgan fingerprint density at radius 2 is 1.44 bits per heavy atom. The van der Waals surface area contributed by atoms with E-state index in [2.05, 4.69) is 67.8 Å². The van der Waals surface area contributed by atoms with Crippen molar-refractivity contribution in [2.45, 2.75) is 52.7 Å². The number of aliphatic hydroxyl groups is 1. The van der Waals surface area contributed by atoms with Crippen LogP contribution in [-0.4, -0.2) is 61.6 Å². The normalized spacial score (nSPS) is 16.5. The van der Waals surface area contributed by atoms with Crippen molar-refractivity contribution < 1.29 is 38.4 Å². The molecule has 2 unspecified atom stereocenters. The van der Waals surface area contributed by atoms with Crippen molar-refractivity contribution in [1.29, 1.82) is 0 Å². The van der Waals surface area contributed by atoms with Crippen molar-refractivity contribution in [3.63, 3.8) is 0 Å². The molecule has 0 radical (unpaired) electrons. The van der Waals surface area contributed by atoms with Crippen molar-refractivity contribution in [3.8, 4) is 0 Å². The SMILES string of the molecule is CC(C)(CCC(C)(C)C(=O)OCC1CO1)C(=O)OCC(O)COC(=O)c1c(I)cc(I)cc1I. The molecule has 0 saturated carbocycles. The average Bonchev–Trinajstić information content (AvgIpc) is 3.56. The number of carbonyl (C=O) groups is 3. The van der Waals surface area contributed by atoms with Crippen LogP contribution in [0.4, 0.5) is 0 Å². The number of esters is 3. The summed E-state index contributed by atoms with van der Waals surface area (Å²) < 4.78 is 23.3. The first-order valence-electron chi connectivity index (χ1n) is 10.7. The lowest BCUT2D eigenvalue weighted by Crippen LogP contribution is -2.34. The second-order valence-electron chi connectivity index (χ2n) is 9.42. The second kappa shape index (κ2) is 12.8. The maximum atomic E-state index is 12.6. The van der Waals surface area contributed by atoms with E-state index in [1.165, 1.54) is 0 Å². The summed E-state index contributed by atoms with van der Waals surface area (Å²) in [6, 6.07) is 3.73. The Hall–Kier alpha value is -0.260. The second-order valence-corrected chi connectivity index (χ2v) is 13.0. The highest BCUT2D eigenvalue weighted by Gasteiger charge is 2.37. The van der Waals surface area contributed by atoms with Gasteiger partial charge < -0.3 is 24.1 Å². The van der Waals surface area contributed by atoms with E-state index >= 15 is 0 Å². The van der Waals surface area contributed by atoms with Crippen LogP contribution in [0.25, 0.3) is 0 Å². The maximum Gasteiger partial charge on any atom is 0.340 e. The molecule has 2 atom stereocenters. The first-order valence-corrected chi connectivity index (χ1v) is 13.9. The minimum absolute atomic E-state index is 0.000632. The van der Waals surface area contributed by atoms with Gasteiger partial charge in [0, 0.05) is 10.7 Å². The average molecular weight is 814 g/mol. The zero-order chi connectivity index (χ0) is 25.7. The Labute approximate surface area is 240 Å². The number of benzene rings is 1. The molecular formula is C23H29I3O8. The van der Waals surface area contributed by atoms with Crippen LogP contribution in [0, 0.1) is 21.5 Å². The van der Waals surface area contributed by atoms with Crippen LogP contribution in [0.3, 0.4) is 0 Å². The van der Waals surface area contributed by atoms with Crippen molar-refractivity contribution in [2.75, 3.05) is 26.4 Å². The molecule has 1 aliphatic rings. The van der Waals surface area contributed by atoms with Crippen LogP contribution < -0.4 is 0 Å². The van der Waals surface area contributed by atoms with Gasteiger partial charge in [-0.25, -0.2) is 4.79 Å². The molecule has 0 amide bonds. The Bertz CT molecular complexity index is 888. The molecule has 1 fully saturated rings. The highest BCUT2D eigenvalue weighted by Crippen LogP contribution is 2.33. The molecule has 0 bridgehead atoms. The van der Waals surface area contributed by atoms with Crippen molar-refractivity contribution in [3.05, 3.63) is 28.4 Å². The summed E-state index contributed by atoms with van der Waals surface area (Å²) in [5.41, 5.74) is -1.19. The number of carbonyl (C=O) groups excluding carboxylic acids is 3. The lowest BCUT2D eigenvalue weighted by Gasteiger charge is -2.28. The molecule has 1 heterocycles. The zero-order valence-corrected chi connectivity index (χ0v) is 26.0. The number of ether oxygens (including phenoxy) is 4. The molecular weight excluding hydrogens is 785 g/mol. The summed E-state index contributed by atoms with van der Waals surface area (Å²) >= 11 is 6.31. The van der Waals surface area contributed by atoms with Crippen LogP contribution in [-0.2, 0) is 28.5 Å². The van der Waals surface area contributed by atoms with Crippen molar-refractivity contribution in [2.24, 2.45) is 10.8 Å². The van der Waals surface area contributed by atoms with E-state index in [0.717, 1.165) is 10.7 Å². The van der Waals surface area contributed by atoms with E-state index in [1.807, 2.05) is 12.1 Å². The van der Waals surface area contributed by atoms with Crippen molar-refractivity contribution in [1.82, 2.24) is 0 Å².